The summed E-state index contributed by atoms with van der Waals surface area (Å²) in [7, 11) is 0. The van der Waals surface area contributed by atoms with E-state index in [9.17, 15) is 9.90 Å². The van der Waals surface area contributed by atoms with Crippen LogP contribution in [0.1, 0.15) is 21.6 Å². The van der Waals surface area contributed by atoms with Crippen LogP contribution in [0.4, 0.5) is 0 Å². The number of aromatic carboxylic acids is 1. The Morgan fingerprint density at radius 1 is 1.38 bits per heavy atom. The number of carboxylic acid groups (broad SMARTS) is 1. The summed E-state index contributed by atoms with van der Waals surface area (Å²) in [5.41, 5.74) is 2.30. The lowest BCUT2D eigenvalue weighted by Gasteiger charge is -2.06. The van der Waals surface area contributed by atoms with E-state index in [1.54, 1.807) is 10.8 Å². The topological polar surface area (TPSA) is 93.8 Å². The summed E-state index contributed by atoms with van der Waals surface area (Å²) in [5, 5.41) is 9.92. The van der Waals surface area contributed by atoms with Crippen LogP contribution in [0.3, 0.4) is 0 Å². The Morgan fingerprint density at radius 3 is 2.90 bits per heavy atom. The molecule has 0 saturated heterocycles. The second-order valence-electron chi connectivity index (χ2n) is 4.49. The third-order valence-electron chi connectivity index (χ3n) is 3.16. The molecule has 0 amide bonds. The first-order valence-electron chi connectivity index (χ1n) is 6.06. The molecule has 0 aromatic carbocycles. The van der Waals surface area contributed by atoms with E-state index >= 15 is 0 Å². The van der Waals surface area contributed by atoms with E-state index in [0.717, 1.165) is 11.3 Å². The Labute approximate surface area is 124 Å². The minimum atomic E-state index is -1.02. The average molecular weight is 304 g/mol. The Morgan fingerprint density at radius 2 is 2.19 bits per heavy atom. The van der Waals surface area contributed by atoms with Crippen LogP contribution >= 0.6 is 11.6 Å². The van der Waals surface area contributed by atoms with Gasteiger partial charge in [0.15, 0.2) is 0 Å². The van der Waals surface area contributed by atoms with Gasteiger partial charge >= 0.3 is 5.97 Å². The minimum Gasteiger partial charge on any atom is -0.478 e. The van der Waals surface area contributed by atoms with Gasteiger partial charge in [0.2, 0.25) is 5.28 Å². The van der Waals surface area contributed by atoms with E-state index in [-0.39, 0.29) is 10.8 Å². The number of rotatable bonds is 3. The van der Waals surface area contributed by atoms with Gasteiger partial charge in [-0.2, -0.15) is 0 Å². The van der Waals surface area contributed by atoms with Gasteiger partial charge in [0.05, 0.1) is 17.5 Å². The lowest BCUT2D eigenvalue weighted by Crippen LogP contribution is -2.04. The summed E-state index contributed by atoms with van der Waals surface area (Å²) in [6, 6.07) is 0. The van der Waals surface area contributed by atoms with Crippen molar-refractivity contribution in [2.75, 3.05) is 0 Å². The van der Waals surface area contributed by atoms with Gasteiger partial charge in [-0.25, -0.2) is 24.7 Å². The van der Waals surface area contributed by atoms with Crippen molar-refractivity contribution in [1.29, 1.82) is 0 Å². The van der Waals surface area contributed by atoms with Gasteiger partial charge < -0.3 is 9.67 Å². The monoisotopic (exact) mass is 303 g/mol. The molecule has 0 aliphatic carbocycles. The lowest BCUT2D eigenvalue weighted by molar-refractivity contribution is 0.0699. The zero-order chi connectivity index (χ0) is 15.0. The highest BCUT2D eigenvalue weighted by Gasteiger charge is 2.16. The molecule has 0 aliphatic heterocycles. The molecule has 0 bridgehead atoms. The molecule has 1 N–H and O–H groups in total. The Kier molecular flexibility index (Phi) is 3.26. The van der Waals surface area contributed by atoms with Crippen LogP contribution in [0, 0.1) is 6.92 Å². The van der Waals surface area contributed by atoms with E-state index in [1.807, 2.05) is 6.92 Å². The Bertz CT molecular complexity index is 846. The smallest absolute Gasteiger partial charge is 0.337 e. The Balaban J connectivity index is 2.10. The fraction of sp³-hybridized carbons (Fsp3) is 0.154. The van der Waals surface area contributed by atoms with E-state index in [1.165, 1.54) is 18.7 Å². The second kappa shape index (κ2) is 5.10. The van der Waals surface area contributed by atoms with E-state index < -0.39 is 5.97 Å². The largest absolute Gasteiger partial charge is 0.478 e. The fourth-order valence-corrected chi connectivity index (χ4v) is 2.30. The molecule has 3 heterocycles. The quantitative estimate of drug-likeness (QED) is 0.743. The molecule has 3 aromatic heterocycles. The molecule has 0 fully saturated rings. The minimum absolute atomic E-state index is 0.165. The molecule has 3 aromatic rings. The first-order valence-corrected chi connectivity index (χ1v) is 6.44. The van der Waals surface area contributed by atoms with Crippen molar-refractivity contribution < 1.29 is 9.90 Å². The van der Waals surface area contributed by atoms with Crippen LogP contribution < -0.4 is 0 Å². The zero-order valence-corrected chi connectivity index (χ0v) is 11.7. The molecule has 0 radical (unpaired) electrons. The summed E-state index contributed by atoms with van der Waals surface area (Å²) in [4.78, 5) is 27.3. The molecule has 0 spiro atoms. The van der Waals surface area contributed by atoms with Crippen LogP contribution in [0.25, 0.3) is 11.0 Å². The van der Waals surface area contributed by atoms with Gasteiger partial charge in [0.25, 0.3) is 0 Å². The number of fused-ring (bicyclic) bond motifs is 1. The summed E-state index contributed by atoms with van der Waals surface area (Å²) in [5.74, 6) is -1.02. The molecule has 21 heavy (non-hydrogen) atoms. The molecular formula is C13H10ClN5O2. The Hall–Kier alpha value is -2.54. The number of aryl methyl sites for hydroxylation is 1. The number of carbonyl (C=O) groups is 1. The maximum Gasteiger partial charge on any atom is 0.337 e. The SMILES string of the molecule is Cc1nc(Cl)ncc1Cn1cc(C(=O)O)c2cncnc21. The summed E-state index contributed by atoms with van der Waals surface area (Å²) < 4.78 is 1.74. The summed E-state index contributed by atoms with van der Waals surface area (Å²) in [6.07, 6.45) is 6.04. The second-order valence-corrected chi connectivity index (χ2v) is 4.82. The first kappa shape index (κ1) is 13.4. The molecule has 106 valence electrons. The molecule has 0 atom stereocenters. The fourth-order valence-electron chi connectivity index (χ4n) is 2.12. The van der Waals surface area contributed by atoms with E-state index in [2.05, 4.69) is 19.9 Å². The number of hydrogen-bond acceptors (Lipinski definition) is 5. The highest BCUT2D eigenvalue weighted by atomic mass is 35.5. The van der Waals surface area contributed by atoms with Gasteiger partial charge in [0.1, 0.15) is 12.0 Å². The van der Waals surface area contributed by atoms with Crippen molar-refractivity contribution in [3.05, 3.63) is 47.0 Å². The molecule has 7 nitrogen and oxygen atoms in total. The van der Waals surface area contributed by atoms with Gasteiger partial charge in [-0.15, -0.1) is 0 Å². The highest BCUT2D eigenvalue weighted by Crippen LogP contribution is 2.20. The predicted molar refractivity (Wildman–Crippen MR) is 75.4 cm³/mol. The predicted octanol–water partition coefficient (Wildman–Crippen LogP) is 1.93. The van der Waals surface area contributed by atoms with Gasteiger partial charge in [-0.05, 0) is 18.5 Å². The summed E-state index contributed by atoms with van der Waals surface area (Å²) >= 11 is 5.73. The van der Waals surface area contributed by atoms with Crippen molar-refractivity contribution in [2.45, 2.75) is 13.5 Å². The van der Waals surface area contributed by atoms with Crippen LogP contribution in [0.5, 0.6) is 0 Å². The van der Waals surface area contributed by atoms with E-state index in [0.29, 0.717) is 17.6 Å². The van der Waals surface area contributed by atoms with Crippen molar-refractivity contribution in [1.82, 2.24) is 24.5 Å². The molecule has 3 rings (SSSR count). The lowest BCUT2D eigenvalue weighted by atomic mass is 10.2. The van der Waals surface area contributed by atoms with Crippen LogP contribution in [-0.2, 0) is 6.54 Å². The first-order chi connectivity index (χ1) is 10.1. The standard InChI is InChI=1S/C13H10ClN5O2/c1-7-8(2-16-13(14)18-7)4-19-5-10(12(20)21)9-3-15-6-17-11(9)19/h2-3,5-6H,4H2,1H3,(H,20,21). The van der Waals surface area contributed by atoms with E-state index in [4.69, 9.17) is 11.6 Å². The molecule has 0 unspecified atom stereocenters. The van der Waals surface area contributed by atoms with Crippen molar-refractivity contribution in [2.24, 2.45) is 0 Å². The van der Waals surface area contributed by atoms with Crippen LogP contribution in [-0.4, -0.2) is 35.6 Å². The maximum absolute atomic E-state index is 11.3. The third-order valence-corrected chi connectivity index (χ3v) is 3.34. The number of aromatic nitrogens is 5. The van der Waals surface area contributed by atoms with Crippen LogP contribution in [0.2, 0.25) is 5.28 Å². The molecule has 0 saturated carbocycles. The van der Waals surface area contributed by atoms with Crippen molar-refractivity contribution >= 4 is 28.6 Å². The zero-order valence-electron chi connectivity index (χ0n) is 11.0. The third kappa shape index (κ3) is 2.43. The van der Waals surface area contributed by atoms with Gasteiger partial charge in [0, 0.05) is 29.8 Å². The number of nitrogens with zero attached hydrogens (tertiary/aromatic N) is 5. The maximum atomic E-state index is 11.3. The molecule has 0 aliphatic rings. The molecular weight excluding hydrogens is 294 g/mol. The van der Waals surface area contributed by atoms with Crippen molar-refractivity contribution in [3.8, 4) is 0 Å². The summed E-state index contributed by atoms with van der Waals surface area (Å²) in [6.45, 7) is 2.23. The van der Waals surface area contributed by atoms with Crippen molar-refractivity contribution in [3.63, 3.8) is 0 Å². The van der Waals surface area contributed by atoms with Crippen LogP contribution in [0.15, 0.2) is 24.9 Å². The number of carboxylic acids is 1. The van der Waals surface area contributed by atoms with Gasteiger partial charge in [-0.1, -0.05) is 0 Å². The number of halogens is 1. The van der Waals surface area contributed by atoms with Gasteiger partial charge in [-0.3, -0.25) is 0 Å². The average Bonchev–Trinajstić information content (AvgIpc) is 2.81. The normalized spacial score (nSPS) is 11.0. The molecule has 8 heteroatoms. The number of hydrogen-bond donors (Lipinski definition) is 1. The highest BCUT2D eigenvalue weighted by molar-refractivity contribution is 6.28.